The molecule has 1 saturated heterocycles. The van der Waals surface area contributed by atoms with Crippen molar-refractivity contribution in [3.8, 4) is 0 Å². The van der Waals surface area contributed by atoms with Crippen molar-refractivity contribution in [3.05, 3.63) is 77.8 Å². The van der Waals surface area contributed by atoms with Crippen molar-refractivity contribution in [2.75, 3.05) is 26.3 Å². The van der Waals surface area contributed by atoms with Crippen molar-refractivity contribution in [1.82, 2.24) is 14.7 Å². The molecule has 0 aromatic carbocycles. The van der Waals surface area contributed by atoms with Crippen LogP contribution in [0.3, 0.4) is 0 Å². The van der Waals surface area contributed by atoms with Crippen molar-refractivity contribution in [1.29, 1.82) is 0 Å². The van der Waals surface area contributed by atoms with Crippen LogP contribution < -0.4 is 0 Å². The van der Waals surface area contributed by atoms with E-state index in [0.29, 0.717) is 43.4 Å². The van der Waals surface area contributed by atoms with Crippen molar-refractivity contribution in [3.63, 3.8) is 0 Å². The van der Waals surface area contributed by atoms with E-state index in [-0.39, 0.29) is 11.6 Å². The third kappa shape index (κ3) is 4.06. The summed E-state index contributed by atoms with van der Waals surface area (Å²) in [5, 5.41) is 4.58. The maximum atomic E-state index is 14.5. The van der Waals surface area contributed by atoms with Crippen LogP contribution >= 0.6 is 11.8 Å². The highest BCUT2D eigenvalue weighted by molar-refractivity contribution is 8.02. The van der Waals surface area contributed by atoms with Gasteiger partial charge in [0.1, 0.15) is 5.83 Å². The van der Waals surface area contributed by atoms with Crippen LogP contribution in [0.25, 0.3) is 11.3 Å². The second-order valence-electron chi connectivity index (χ2n) is 6.48. The number of fused-ring (bicyclic) bond motifs is 1. The van der Waals surface area contributed by atoms with E-state index in [2.05, 4.69) is 24.8 Å². The second kappa shape index (κ2) is 9.24. The summed E-state index contributed by atoms with van der Waals surface area (Å²) in [4.78, 5) is 15.9. The minimum atomic E-state index is -0.416. The Kier molecular flexibility index (Phi) is 6.71. The lowest BCUT2D eigenvalue weighted by molar-refractivity contribution is 0.0298. The summed E-state index contributed by atoms with van der Waals surface area (Å²) in [5.41, 5.74) is 2.81. The van der Waals surface area contributed by atoms with Crippen molar-refractivity contribution in [2.45, 2.75) is 12.7 Å². The van der Waals surface area contributed by atoms with Crippen molar-refractivity contribution < 1.29 is 13.9 Å². The molecular weight excluding hydrogens is 389 g/mol. The van der Waals surface area contributed by atoms with Gasteiger partial charge in [-0.25, -0.2) is 9.07 Å². The molecule has 2 aliphatic rings. The largest absolute Gasteiger partial charge is 0.378 e. The van der Waals surface area contributed by atoms with E-state index < -0.39 is 5.83 Å². The molecule has 0 bridgehead atoms. The van der Waals surface area contributed by atoms with Gasteiger partial charge in [0.05, 0.1) is 24.6 Å². The van der Waals surface area contributed by atoms with Crippen LogP contribution in [0.1, 0.15) is 28.7 Å². The number of thioether (sulfide) groups is 1. The van der Waals surface area contributed by atoms with E-state index in [1.54, 1.807) is 47.0 Å². The lowest BCUT2D eigenvalue weighted by Crippen LogP contribution is -2.41. The fourth-order valence-corrected chi connectivity index (χ4v) is 4.35. The number of aromatic nitrogens is 2. The third-order valence-electron chi connectivity index (χ3n) is 4.74. The number of carbonyl (C=O) groups is 1. The van der Waals surface area contributed by atoms with Gasteiger partial charge in [0.25, 0.3) is 5.91 Å². The molecule has 0 spiro atoms. The van der Waals surface area contributed by atoms with Gasteiger partial charge in [0.2, 0.25) is 0 Å². The topological polar surface area (TPSA) is 47.4 Å². The number of hydrogen-bond donors (Lipinski definition) is 0. The highest BCUT2D eigenvalue weighted by atomic mass is 32.2. The van der Waals surface area contributed by atoms with E-state index >= 15 is 0 Å². The Labute approximate surface area is 174 Å². The molecule has 1 amide bonds. The van der Waals surface area contributed by atoms with Gasteiger partial charge < -0.3 is 9.64 Å². The first-order chi connectivity index (χ1) is 14.0. The van der Waals surface area contributed by atoms with Gasteiger partial charge in [0.15, 0.2) is 5.69 Å². The monoisotopic (exact) mass is 413 g/mol. The van der Waals surface area contributed by atoms with Crippen molar-refractivity contribution in [2.24, 2.45) is 0 Å². The molecule has 29 heavy (non-hydrogen) atoms. The first-order valence-electron chi connectivity index (χ1n) is 9.30. The molecule has 0 aliphatic carbocycles. The summed E-state index contributed by atoms with van der Waals surface area (Å²) >= 11 is 1.57. The van der Waals surface area contributed by atoms with E-state index in [9.17, 15) is 9.18 Å². The van der Waals surface area contributed by atoms with Gasteiger partial charge in [-0.3, -0.25) is 4.79 Å². The fourth-order valence-electron chi connectivity index (χ4n) is 3.33. The number of halogens is 1. The normalized spacial score (nSPS) is 17.8. The van der Waals surface area contributed by atoms with Crippen LogP contribution in [0, 0.1) is 0 Å². The lowest BCUT2D eigenvalue weighted by atomic mass is 10.0. The van der Waals surface area contributed by atoms with Gasteiger partial charge in [-0.05, 0) is 13.0 Å². The molecule has 3 rings (SSSR count). The number of rotatable bonds is 6. The number of carbonyl (C=O) groups excluding carboxylic acids is 1. The smallest absolute Gasteiger partial charge is 0.274 e. The maximum Gasteiger partial charge on any atom is 0.274 e. The fraction of sp³-hybridized carbons (Fsp3) is 0.273. The Morgan fingerprint density at radius 2 is 1.97 bits per heavy atom. The number of morpholine rings is 1. The average Bonchev–Trinajstić information content (AvgIpc) is 3.12. The number of nitrogens with zero attached hydrogens (tertiary/aromatic N) is 3. The van der Waals surface area contributed by atoms with E-state index in [4.69, 9.17) is 4.74 Å². The molecule has 3 heterocycles. The zero-order valence-electron chi connectivity index (χ0n) is 16.5. The minimum absolute atomic E-state index is 0.169. The first kappa shape index (κ1) is 21.1. The summed E-state index contributed by atoms with van der Waals surface area (Å²) in [7, 11) is 0. The molecule has 0 unspecified atom stereocenters. The van der Waals surface area contributed by atoms with Gasteiger partial charge in [-0.2, -0.15) is 5.10 Å². The number of ether oxygens (including phenoxy) is 1. The number of allylic oxidation sites excluding steroid dienone is 8. The quantitative estimate of drug-likeness (QED) is 0.640. The summed E-state index contributed by atoms with van der Waals surface area (Å²) in [6.07, 6.45) is 8.24. The number of hydrogen-bond acceptors (Lipinski definition) is 4. The zero-order chi connectivity index (χ0) is 21.0. The summed E-state index contributed by atoms with van der Waals surface area (Å²) in [5.74, 6) is -0.0399. The van der Waals surface area contributed by atoms with Crippen LogP contribution in [-0.2, 0) is 10.5 Å². The number of amides is 1. The molecule has 0 atom stereocenters. The molecule has 0 N–H and O–H groups in total. The Bertz CT molecular complexity index is 946. The predicted octanol–water partition coefficient (Wildman–Crippen LogP) is 4.59. The summed E-state index contributed by atoms with van der Waals surface area (Å²) in [6.45, 7) is 14.8. The Balaban J connectivity index is 2.23. The van der Waals surface area contributed by atoms with Gasteiger partial charge in [-0.15, -0.1) is 11.8 Å². The second-order valence-corrected chi connectivity index (χ2v) is 7.50. The van der Waals surface area contributed by atoms with Gasteiger partial charge in [0, 0.05) is 34.9 Å². The average molecular weight is 414 g/mol. The molecule has 1 aromatic rings. The van der Waals surface area contributed by atoms with E-state index in [1.807, 2.05) is 0 Å². The van der Waals surface area contributed by atoms with E-state index in [0.717, 1.165) is 16.0 Å². The summed E-state index contributed by atoms with van der Waals surface area (Å²) in [6, 6.07) is 0. The Morgan fingerprint density at radius 3 is 2.55 bits per heavy atom. The van der Waals surface area contributed by atoms with Crippen LogP contribution in [0.15, 0.2) is 60.8 Å². The standard InChI is InChI=1S/C22H24FN3O2S/c1-5-8-9-18(15(4)23)26-21-16(6-2)19(7-3)29-14-17(21)20(24-26)22(27)25-10-12-28-13-11-25/h5-9H,1-3,10-14H2,4H3/b9-8-,18-15-. The SMILES string of the molecule is C=C/C=C\C(=C(/C)F)n1nc(C(=O)N2CCOCC2)c2c1C(C=C)=C(C=C)SC2. The Hall–Kier alpha value is -2.64. The van der Waals surface area contributed by atoms with Crippen LogP contribution in [0.2, 0.25) is 0 Å². The van der Waals surface area contributed by atoms with Gasteiger partial charge in [-0.1, -0.05) is 44.0 Å². The van der Waals surface area contributed by atoms with Gasteiger partial charge >= 0.3 is 0 Å². The summed E-state index contributed by atoms with van der Waals surface area (Å²) < 4.78 is 21.3. The molecular formula is C22H24FN3O2S. The highest BCUT2D eigenvalue weighted by Crippen LogP contribution is 2.42. The lowest BCUT2D eigenvalue weighted by Gasteiger charge is -2.26. The predicted molar refractivity (Wildman–Crippen MR) is 117 cm³/mol. The van der Waals surface area contributed by atoms with E-state index in [1.165, 1.54) is 11.6 Å². The highest BCUT2D eigenvalue weighted by Gasteiger charge is 2.32. The molecule has 5 nitrogen and oxygen atoms in total. The molecule has 1 fully saturated rings. The zero-order valence-corrected chi connectivity index (χ0v) is 17.3. The third-order valence-corrected chi connectivity index (χ3v) is 5.87. The van der Waals surface area contributed by atoms with Crippen molar-refractivity contribution >= 4 is 28.9 Å². The molecule has 0 radical (unpaired) electrons. The van der Waals surface area contributed by atoms with Crippen LogP contribution in [0.4, 0.5) is 4.39 Å². The van der Waals surface area contributed by atoms with Crippen LogP contribution in [-0.4, -0.2) is 46.9 Å². The molecule has 1 aromatic heterocycles. The Morgan fingerprint density at radius 1 is 1.24 bits per heavy atom. The molecule has 7 heteroatoms. The first-order valence-corrected chi connectivity index (χ1v) is 10.3. The molecule has 0 saturated carbocycles. The molecule has 152 valence electrons. The molecule has 2 aliphatic heterocycles. The maximum absolute atomic E-state index is 14.5. The minimum Gasteiger partial charge on any atom is -0.378 e. The van der Waals surface area contributed by atoms with Crippen LogP contribution in [0.5, 0.6) is 0 Å².